The maximum Gasteiger partial charge on any atom is 0.306 e. The largest absolute Gasteiger partial charge is 0.492 e. The van der Waals surface area contributed by atoms with Gasteiger partial charge < -0.3 is 14.7 Å². The van der Waals surface area contributed by atoms with Gasteiger partial charge in [-0.1, -0.05) is 26.0 Å². The van der Waals surface area contributed by atoms with Gasteiger partial charge in [0.1, 0.15) is 5.75 Å². The van der Waals surface area contributed by atoms with Crippen molar-refractivity contribution in [1.82, 2.24) is 4.90 Å². The number of piperidine rings is 1. The first-order chi connectivity index (χ1) is 10.4. The fraction of sp³-hybridized carbons (Fsp3) is 0.529. The van der Waals surface area contributed by atoms with Crippen molar-refractivity contribution < 1.29 is 19.4 Å². The van der Waals surface area contributed by atoms with Crippen LogP contribution >= 0.6 is 0 Å². The molecule has 1 aromatic rings. The number of nitrogens with zero attached hydrogens (tertiary/aromatic N) is 1. The summed E-state index contributed by atoms with van der Waals surface area (Å²) in [6.45, 7) is 5.76. The number of aliphatic carboxylic acids is 1. The first-order valence-electron chi connectivity index (χ1n) is 7.68. The topological polar surface area (TPSA) is 66.8 Å². The number of carboxylic acid groups (broad SMARTS) is 1. The molecule has 0 aliphatic carbocycles. The van der Waals surface area contributed by atoms with Gasteiger partial charge >= 0.3 is 5.97 Å². The number of hydrogen-bond acceptors (Lipinski definition) is 3. The van der Waals surface area contributed by atoms with Crippen LogP contribution < -0.4 is 4.74 Å². The van der Waals surface area contributed by atoms with Crippen molar-refractivity contribution in [2.45, 2.75) is 32.1 Å². The minimum atomic E-state index is -0.766. The van der Waals surface area contributed by atoms with Crippen LogP contribution in [0.3, 0.4) is 0 Å². The molecule has 5 nitrogen and oxygen atoms in total. The Balaban J connectivity index is 1.80. The zero-order chi connectivity index (χ0) is 15.9. The second-order valence-corrected chi connectivity index (χ2v) is 6.76. The summed E-state index contributed by atoms with van der Waals surface area (Å²) in [4.78, 5) is 25.5. The lowest BCUT2D eigenvalue weighted by molar-refractivity contribution is -0.143. The number of ether oxygens (including phenoxy) is 1. The third-order valence-electron chi connectivity index (χ3n) is 4.68. The smallest absolute Gasteiger partial charge is 0.306 e. The summed E-state index contributed by atoms with van der Waals surface area (Å²) in [5.41, 5.74) is 1.58. The van der Waals surface area contributed by atoms with Gasteiger partial charge in [0.2, 0.25) is 0 Å². The molecule has 2 aliphatic heterocycles. The highest BCUT2D eigenvalue weighted by Crippen LogP contribution is 2.41. The van der Waals surface area contributed by atoms with Gasteiger partial charge in [0.25, 0.3) is 5.91 Å². The Bertz CT molecular complexity index is 615. The van der Waals surface area contributed by atoms with Crippen LogP contribution in [0.15, 0.2) is 18.2 Å². The molecule has 1 amide bonds. The van der Waals surface area contributed by atoms with Crippen molar-refractivity contribution in [3.8, 4) is 5.75 Å². The molecular weight excluding hydrogens is 282 g/mol. The third kappa shape index (κ3) is 2.45. The molecule has 0 saturated carbocycles. The van der Waals surface area contributed by atoms with Crippen molar-refractivity contribution in [3.05, 3.63) is 29.3 Å². The van der Waals surface area contributed by atoms with Gasteiger partial charge in [-0.3, -0.25) is 9.59 Å². The van der Waals surface area contributed by atoms with E-state index in [1.807, 2.05) is 12.1 Å². The van der Waals surface area contributed by atoms with E-state index in [2.05, 4.69) is 13.8 Å². The lowest BCUT2D eigenvalue weighted by atomic mass is 9.86. The van der Waals surface area contributed by atoms with Gasteiger partial charge in [-0.25, -0.2) is 0 Å². The van der Waals surface area contributed by atoms with E-state index in [1.165, 1.54) is 0 Å². The van der Waals surface area contributed by atoms with E-state index in [4.69, 9.17) is 9.84 Å². The molecule has 118 valence electrons. The van der Waals surface area contributed by atoms with Crippen LogP contribution in [-0.4, -0.2) is 41.6 Å². The number of carboxylic acids is 1. The van der Waals surface area contributed by atoms with E-state index in [1.54, 1.807) is 11.0 Å². The Morgan fingerprint density at radius 1 is 1.27 bits per heavy atom. The summed E-state index contributed by atoms with van der Waals surface area (Å²) in [5, 5.41) is 9.04. The fourth-order valence-corrected chi connectivity index (χ4v) is 3.22. The van der Waals surface area contributed by atoms with Crippen molar-refractivity contribution in [1.29, 1.82) is 0 Å². The first-order valence-corrected chi connectivity index (χ1v) is 7.68. The molecule has 1 saturated heterocycles. The van der Waals surface area contributed by atoms with Gasteiger partial charge in [0, 0.05) is 24.1 Å². The molecule has 1 aromatic carbocycles. The summed E-state index contributed by atoms with van der Waals surface area (Å²) < 4.78 is 5.77. The van der Waals surface area contributed by atoms with Gasteiger partial charge in [-0.05, 0) is 18.9 Å². The molecule has 0 aromatic heterocycles. The number of amides is 1. The van der Waals surface area contributed by atoms with E-state index in [0.29, 0.717) is 43.9 Å². The monoisotopic (exact) mass is 303 g/mol. The third-order valence-corrected chi connectivity index (χ3v) is 4.68. The molecule has 2 aliphatic rings. The maximum absolute atomic E-state index is 12.7. The number of hydrogen-bond donors (Lipinski definition) is 1. The van der Waals surface area contributed by atoms with Crippen LogP contribution in [0.1, 0.15) is 42.6 Å². The first kappa shape index (κ1) is 14.9. The Morgan fingerprint density at radius 2 is 1.95 bits per heavy atom. The number of fused-ring (bicyclic) bond motifs is 1. The highest BCUT2D eigenvalue weighted by molar-refractivity contribution is 5.98. The summed E-state index contributed by atoms with van der Waals surface area (Å²) in [6, 6.07) is 5.70. The van der Waals surface area contributed by atoms with Gasteiger partial charge in [-0.2, -0.15) is 0 Å². The number of para-hydroxylation sites is 1. The normalized spacial score (nSPS) is 20.4. The zero-order valence-corrected chi connectivity index (χ0v) is 13.0. The number of likely N-dealkylation sites (tertiary alicyclic amines) is 1. The fourth-order valence-electron chi connectivity index (χ4n) is 3.22. The van der Waals surface area contributed by atoms with Crippen molar-refractivity contribution in [3.63, 3.8) is 0 Å². The second kappa shape index (κ2) is 5.30. The van der Waals surface area contributed by atoms with Crippen LogP contribution in [0.2, 0.25) is 0 Å². The minimum absolute atomic E-state index is 0.0570. The van der Waals surface area contributed by atoms with Crippen LogP contribution in [0, 0.1) is 5.92 Å². The van der Waals surface area contributed by atoms with Crippen LogP contribution in [-0.2, 0) is 10.2 Å². The Hall–Kier alpha value is -2.04. The van der Waals surface area contributed by atoms with Crippen molar-refractivity contribution in [2.24, 2.45) is 5.92 Å². The molecule has 0 unspecified atom stereocenters. The van der Waals surface area contributed by atoms with E-state index in [9.17, 15) is 9.59 Å². The Morgan fingerprint density at radius 3 is 2.59 bits per heavy atom. The molecular formula is C17H21NO4. The quantitative estimate of drug-likeness (QED) is 0.910. The molecule has 22 heavy (non-hydrogen) atoms. The lowest BCUT2D eigenvalue weighted by Crippen LogP contribution is -2.40. The Labute approximate surface area is 129 Å². The zero-order valence-electron chi connectivity index (χ0n) is 13.0. The van der Waals surface area contributed by atoms with Crippen LogP contribution in [0.25, 0.3) is 0 Å². The summed E-state index contributed by atoms with van der Waals surface area (Å²) in [6.07, 6.45) is 1.03. The summed E-state index contributed by atoms with van der Waals surface area (Å²) in [5.74, 6) is -0.463. The second-order valence-electron chi connectivity index (χ2n) is 6.76. The summed E-state index contributed by atoms with van der Waals surface area (Å²) >= 11 is 0. The predicted octanol–water partition coefficient (Wildman–Crippen LogP) is 2.29. The number of rotatable bonds is 2. The number of carbonyl (C=O) groups is 2. The van der Waals surface area contributed by atoms with E-state index in [0.717, 1.165) is 5.56 Å². The Kier molecular flexibility index (Phi) is 3.59. The van der Waals surface area contributed by atoms with Crippen LogP contribution in [0.5, 0.6) is 5.75 Å². The van der Waals surface area contributed by atoms with Gasteiger partial charge in [-0.15, -0.1) is 0 Å². The SMILES string of the molecule is CC1(C)COc2c(C(=O)N3CCC(C(=O)O)CC3)cccc21. The highest BCUT2D eigenvalue weighted by Gasteiger charge is 2.36. The van der Waals surface area contributed by atoms with Crippen LogP contribution in [0.4, 0.5) is 0 Å². The molecule has 0 radical (unpaired) electrons. The van der Waals surface area contributed by atoms with Crippen molar-refractivity contribution >= 4 is 11.9 Å². The molecule has 5 heteroatoms. The minimum Gasteiger partial charge on any atom is -0.492 e. The molecule has 3 rings (SSSR count). The maximum atomic E-state index is 12.7. The predicted molar refractivity (Wildman–Crippen MR) is 81.2 cm³/mol. The molecule has 1 fully saturated rings. The van der Waals surface area contributed by atoms with Crippen molar-refractivity contribution in [2.75, 3.05) is 19.7 Å². The lowest BCUT2D eigenvalue weighted by Gasteiger charge is -2.30. The highest BCUT2D eigenvalue weighted by atomic mass is 16.5. The summed E-state index contributed by atoms with van der Waals surface area (Å²) in [7, 11) is 0. The van der Waals surface area contributed by atoms with E-state index >= 15 is 0 Å². The molecule has 0 spiro atoms. The molecule has 0 atom stereocenters. The molecule has 2 heterocycles. The van der Waals surface area contributed by atoms with Gasteiger partial charge in [0.05, 0.1) is 18.1 Å². The number of carbonyl (C=O) groups excluding carboxylic acids is 1. The van der Waals surface area contributed by atoms with E-state index < -0.39 is 5.97 Å². The standard InChI is InChI=1S/C17H21NO4/c1-17(2)10-22-14-12(4-3-5-13(14)17)15(19)18-8-6-11(7-9-18)16(20)21/h3-5,11H,6-10H2,1-2H3,(H,20,21). The number of benzene rings is 1. The van der Waals surface area contributed by atoms with E-state index in [-0.39, 0.29) is 17.2 Å². The average Bonchev–Trinajstić information content (AvgIpc) is 2.82. The van der Waals surface area contributed by atoms with Gasteiger partial charge in [0.15, 0.2) is 0 Å². The molecule has 1 N–H and O–H groups in total. The average molecular weight is 303 g/mol. The molecule has 0 bridgehead atoms.